The van der Waals surface area contributed by atoms with E-state index in [0.29, 0.717) is 54.5 Å². The van der Waals surface area contributed by atoms with Gasteiger partial charge in [0.2, 0.25) is 15.9 Å². The van der Waals surface area contributed by atoms with E-state index in [0.717, 1.165) is 18.4 Å². The number of alkyl halides is 2. The first kappa shape index (κ1) is 32.9. The second-order valence-electron chi connectivity index (χ2n) is 12.9. The van der Waals surface area contributed by atoms with E-state index in [2.05, 4.69) is 4.72 Å². The monoisotopic (exact) mass is 671 g/mol. The van der Waals surface area contributed by atoms with E-state index in [1.54, 1.807) is 24.3 Å². The molecule has 246 valence electrons. The molecule has 3 aliphatic rings. The minimum absolute atomic E-state index is 0.128. The summed E-state index contributed by atoms with van der Waals surface area (Å²) >= 11 is 5.99. The minimum atomic E-state index is -4.54. The van der Waals surface area contributed by atoms with E-state index >= 15 is 8.78 Å². The Morgan fingerprint density at radius 2 is 1.46 bits per heavy atom. The predicted octanol–water partition coefficient (Wildman–Crippen LogP) is 6.89. The molecule has 1 aliphatic carbocycles. The highest BCUT2D eigenvalue weighted by atomic mass is 35.5. The SMILES string of the molecule is NC1CC2CCC(C1)N2C(=O)C(NS(=O)(=O)c1ccc(OCC2CCCCC2)cc1)C(F)(F)c1ccc(-c2ccc(Cl)cc2)cc1. The maximum atomic E-state index is 16.5. The van der Waals surface area contributed by atoms with Crippen molar-refractivity contribution >= 4 is 27.5 Å². The maximum absolute atomic E-state index is 16.5. The number of hydrogen-bond donors (Lipinski definition) is 2. The normalized spacial score (nSPS) is 22.9. The van der Waals surface area contributed by atoms with Crippen LogP contribution in [0.1, 0.15) is 63.4 Å². The van der Waals surface area contributed by atoms with Gasteiger partial charge in [0.15, 0.2) is 6.04 Å². The van der Waals surface area contributed by atoms with Crippen LogP contribution < -0.4 is 15.2 Å². The third-order valence-corrected chi connectivity index (χ3v) is 11.4. The van der Waals surface area contributed by atoms with Gasteiger partial charge in [0, 0.05) is 28.7 Å². The number of rotatable bonds is 10. The third-order valence-electron chi connectivity index (χ3n) is 9.70. The zero-order valence-electron chi connectivity index (χ0n) is 25.6. The number of nitrogens with two attached hydrogens (primary N) is 1. The van der Waals surface area contributed by atoms with Gasteiger partial charge in [-0.05, 0) is 92.0 Å². The molecule has 2 heterocycles. The number of sulfonamides is 1. The number of benzene rings is 3. The van der Waals surface area contributed by atoms with Gasteiger partial charge < -0.3 is 15.4 Å². The van der Waals surface area contributed by atoms with Crippen LogP contribution in [0.4, 0.5) is 8.78 Å². The Balaban J connectivity index is 1.26. The van der Waals surface area contributed by atoms with Gasteiger partial charge in [-0.2, -0.15) is 13.5 Å². The molecule has 6 rings (SSSR count). The Morgan fingerprint density at radius 3 is 2.04 bits per heavy atom. The van der Waals surface area contributed by atoms with E-state index in [4.69, 9.17) is 22.1 Å². The molecule has 46 heavy (non-hydrogen) atoms. The number of carbonyl (C=O) groups is 1. The smallest absolute Gasteiger partial charge is 0.298 e. The standard InChI is InChI=1S/C35H40ClF2N3O4S/c36-27-12-8-25(9-13-27)24-6-10-26(11-7-24)35(37,38)33(34(42)41-29-14-15-30(41)21-28(39)20-29)40-46(43,44)32-18-16-31(17-19-32)45-22-23-4-2-1-3-5-23/h6-13,16-19,23,28-30,33,40H,1-5,14-15,20-22,39H2. The molecule has 3 aromatic carbocycles. The summed E-state index contributed by atoms with van der Waals surface area (Å²) < 4.78 is 68.3. The Hall–Kier alpha value is -3.05. The lowest BCUT2D eigenvalue weighted by Gasteiger charge is -2.41. The van der Waals surface area contributed by atoms with Gasteiger partial charge in [0.05, 0.1) is 11.5 Å². The molecule has 3 unspecified atom stereocenters. The second-order valence-corrected chi connectivity index (χ2v) is 15.1. The molecule has 3 N–H and O–H groups in total. The lowest BCUT2D eigenvalue weighted by Crippen LogP contribution is -2.60. The number of carbonyl (C=O) groups excluding carboxylic acids is 1. The number of nitrogens with one attached hydrogen (secondary N) is 1. The molecule has 3 aromatic rings. The van der Waals surface area contributed by atoms with Crippen LogP contribution in [0.3, 0.4) is 0 Å². The van der Waals surface area contributed by atoms with E-state index in [-0.39, 0.29) is 23.0 Å². The molecule has 3 fully saturated rings. The highest BCUT2D eigenvalue weighted by Gasteiger charge is 2.53. The van der Waals surface area contributed by atoms with Gasteiger partial charge in [0.25, 0.3) is 5.92 Å². The highest BCUT2D eigenvalue weighted by Crippen LogP contribution is 2.40. The van der Waals surface area contributed by atoms with Crippen molar-refractivity contribution < 1.29 is 26.7 Å². The maximum Gasteiger partial charge on any atom is 0.298 e. The van der Waals surface area contributed by atoms with Gasteiger partial charge in [-0.1, -0.05) is 67.3 Å². The fourth-order valence-corrected chi connectivity index (χ4v) is 8.52. The fourth-order valence-electron chi connectivity index (χ4n) is 7.21. The van der Waals surface area contributed by atoms with Crippen LogP contribution in [0, 0.1) is 5.92 Å². The van der Waals surface area contributed by atoms with Crippen molar-refractivity contribution in [2.24, 2.45) is 11.7 Å². The van der Waals surface area contributed by atoms with Crippen molar-refractivity contribution in [2.75, 3.05) is 6.61 Å². The first-order valence-corrected chi connectivity index (χ1v) is 17.9. The topological polar surface area (TPSA) is 102 Å². The Labute approximate surface area is 274 Å². The van der Waals surface area contributed by atoms with E-state index in [9.17, 15) is 13.2 Å². The van der Waals surface area contributed by atoms with Crippen molar-refractivity contribution in [1.82, 2.24) is 9.62 Å². The van der Waals surface area contributed by atoms with Crippen LogP contribution in [0.5, 0.6) is 5.75 Å². The largest absolute Gasteiger partial charge is 0.493 e. The van der Waals surface area contributed by atoms with Gasteiger partial charge in [-0.3, -0.25) is 4.79 Å². The Bertz CT molecular complexity index is 1600. The molecule has 0 spiro atoms. The van der Waals surface area contributed by atoms with Crippen molar-refractivity contribution in [1.29, 1.82) is 0 Å². The summed E-state index contributed by atoms with van der Waals surface area (Å²) in [5, 5.41) is 0.551. The summed E-state index contributed by atoms with van der Waals surface area (Å²) in [5.74, 6) is -3.84. The summed E-state index contributed by atoms with van der Waals surface area (Å²) in [4.78, 5) is 15.3. The van der Waals surface area contributed by atoms with Crippen LogP contribution in [-0.4, -0.2) is 50.0 Å². The third kappa shape index (κ3) is 7.10. The average Bonchev–Trinajstić information content (AvgIpc) is 3.33. The highest BCUT2D eigenvalue weighted by molar-refractivity contribution is 7.89. The van der Waals surface area contributed by atoms with Gasteiger partial charge >= 0.3 is 0 Å². The lowest BCUT2D eigenvalue weighted by molar-refractivity contribution is -0.149. The molecule has 7 nitrogen and oxygen atoms in total. The molecule has 0 aromatic heterocycles. The van der Waals surface area contributed by atoms with Gasteiger partial charge in [0.1, 0.15) is 5.75 Å². The first-order chi connectivity index (χ1) is 22.0. The number of fused-ring (bicyclic) bond motifs is 2. The number of amides is 1. The molecule has 3 atom stereocenters. The van der Waals surface area contributed by atoms with Gasteiger partial charge in [-0.25, -0.2) is 8.42 Å². The van der Waals surface area contributed by atoms with Crippen LogP contribution in [0.25, 0.3) is 11.1 Å². The van der Waals surface area contributed by atoms with Crippen LogP contribution in [-0.2, 0) is 20.7 Å². The molecule has 1 amide bonds. The van der Waals surface area contributed by atoms with E-state index < -0.39 is 33.5 Å². The minimum Gasteiger partial charge on any atom is -0.493 e. The van der Waals surface area contributed by atoms with Crippen molar-refractivity contribution in [3.8, 4) is 16.9 Å². The Kier molecular flexibility index (Phi) is 9.71. The molecular formula is C35H40ClF2N3O4S. The number of piperidine rings is 1. The number of halogens is 3. The van der Waals surface area contributed by atoms with Crippen molar-refractivity contribution in [3.05, 3.63) is 83.4 Å². The molecule has 2 saturated heterocycles. The Morgan fingerprint density at radius 1 is 0.891 bits per heavy atom. The number of hydrogen-bond acceptors (Lipinski definition) is 5. The zero-order chi connectivity index (χ0) is 32.5. The predicted molar refractivity (Wildman–Crippen MR) is 174 cm³/mol. The second kappa shape index (κ2) is 13.6. The van der Waals surface area contributed by atoms with E-state index in [1.807, 2.05) is 0 Å². The summed E-state index contributed by atoms with van der Waals surface area (Å²) in [5.41, 5.74) is 7.16. The molecule has 2 bridgehead atoms. The van der Waals surface area contributed by atoms with Crippen LogP contribution in [0.15, 0.2) is 77.7 Å². The van der Waals surface area contributed by atoms with Crippen molar-refractivity contribution in [2.45, 2.75) is 92.8 Å². The molecule has 0 radical (unpaired) electrons. The molecular weight excluding hydrogens is 632 g/mol. The first-order valence-electron chi connectivity index (χ1n) is 16.1. The summed E-state index contributed by atoms with van der Waals surface area (Å²) in [6, 6.07) is 15.1. The van der Waals surface area contributed by atoms with Crippen molar-refractivity contribution in [3.63, 3.8) is 0 Å². The number of ether oxygens (including phenoxy) is 1. The number of nitrogens with zero attached hydrogens (tertiary/aromatic N) is 1. The van der Waals surface area contributed by atoms with Gasteiger partial charge in [-0.15, -0.1) is 0 Å². The summed E-state index contributed by atoms with van der Waals surface area (Å²) in [6.45, 7) is 0.547. The van der Waals surface area contributed by atoms with Crippen LogP contribution in [0.2, 0.25) is 5.02 Å². The zero-order valence-corrected chi connectivity index (χ0v) is 27.2. The molecule has 2 aliphatic heterocycles. The quantitative estimate of drug-likeness (QED) is 0.245. The molecule has 1 saturated carbocycles. The van der Waals surface area contributed by atoms with Crippen LogP contribution >= 0.6 is 11.6 Å². The molecule has 11 heteroatoms. The van der Waals surface area contributed by atoms with E-state index in [1.165, 1.54) is 72.7 Å². The summed E-state index contributed by atoms with van der Waals surface area (Å²) in [7, 11) is -4.54. The lowest BCUT2D eigenvalue weighted by atomic mass is 9.90. The fraction of sp³-hybridized carbons (Fsp3) is 0.457. The average molecular weight is 672 g/mol. The summed E-state index contributed by atoms with van der Waals surface area (Å²) in [6.07, 6.45) is 8.08.